The number of carbonyl (C=O) groups is 1. The molecule has 2 atom stereocenters. The molecule has 2 aliphatic carbocycles. The van der Waals surface area contributed by atoms with Crippen LogP contribution < -0.4 is 9.38 Å². The maximum atomic E-state index is 12.5. The van der Waals surface area contributed by atoms with Gasteiger partial charge in [-0.25, -0.2) is 13.1 Å². The Kier molecular flexibility index (Phi) is 7.88. The Labute approximate surface area is 184 Å². The van der Waals surface area contributed by atoms with Gasteiger partial charge in [-0.3, -0.25) is 4.79 Å². The maximum absolute atomic E-state index is 12.5. The number of methoxy groups -OCH3 is 1. The van der Waals surface area contributed by atoms with Crippen molar-refractivity contribution in [2.24, 2.45) is 5.41 Å². The van der Waals surface area contributed by atoms with E-state index < -0.39 is 15.4 Å². The average molecular weight is 450 g/mol. The van der Waals surface area contributed by atoms with Gasteiger partial charge in [0.05, 0.1) is 13.4 Å². The molecule has 0 spiro atoms. The smallest absolute Gasteiger partial charge is 0.213 e. The monoisotopic (exact) mass is 450 g/mol. The fourth-order valence-corrected chi connectivity index (χ4v) is 5.68. The minimum atomic E-state index is -3.33. The molecule has 0 aromatic heterocycles. The first kappa shape index (κ1) is 23.9. The number of nitrogens with one attached hydrogen (secondary N) is 2. The molecule has 3 rings (SSSR count). The Morgan fingerprint density at radius 1 is 1.26 bits per heavy atom. The summed E-state index contributed by atoms with van der Waals surface area (Å²) in [4.78, 5) is 12.5. The summed E-state index contributed by atoms with van der Waals surface area (Å²) in [5, 5.41) is 7.08. The minimum absolute atomic E-state index is 0.0701. The number of rotatable bonds is 9. The fourth-order valence-electron chi connectivity index (χ4n) is 4.87. The first-order chi connectivity index (χ1) is 14.7. The quantitative estimate of drug-likeness (QED) is 0.442. The van der Waals surface area contributed by atoms with Gasteiger partial charge < -0.3 is 4.74 Å². The summed E-state index contributed by atoms with van der Waals surface area (Å²) < 4.78 is 42.1. The van der Waals surface area contributed by atoms with Crippen molar-refractivity contribution in [2.75, 3.05) is 20.0 Å². The molecule has 0 aliphatic heterocycles. The van der Waals surface area contributed by atoms with Crippen molar-refractivity contribution >= 4 is 23.3 Å². The summed E-state index contributed by atoms with van der Waals surface area (Å²) in [5.41, 5.74) is 0.404. The Morgan fingerprint density at radius 3 is 2.65 bits per heavy atom. The first-order valence-corrected chi connectivity index (χ1v) is 12.6. The fraction of sp³-hybridized carbons (Fsp3) is 0.667. The number of ether oxygens (including phenoxy) is 2. The molecular formula is C21H31BN2O6S. The van der Waals surface area contributed by atoms with Crippen LogP contribution in [0.1, 0.15) is 56.4 Å². The van der Waals surface area contributed by atoms with Crippen LogP contribution in [0.25, 0.3) is 0 Å². The Hall–Kier alpha value is -1.78. The molecule has 2 aliphatic rings. The molecule has 2 fully saturated rings. The van der Waals surface area contributed by atoms with E-state index in [1.165, 1.54) is 12.7 Å². The molecule has 0 bridgehead atoms. The third-order valence-electron chi connectivity index (χ3n) is 6.40. The zero-order valence-corrected chi connectivity index (χ0v) is 18.9. The normalized spacial score (nSPS) is 28.6. The number of sulfonamides is 1. The summed E-state index contributed by atoms with van der Waals surface area (Å²) in [6.07, 6.45) is 6.46. The second-order valence-electron chi connectivity index (χ2n) is 8.69. The third kappa shape index (κ3) is 6.36. The van der Waals surface area contributed by atoms with Crippen LogP contribution in [0.3, 0.4) is 0 Å². The summed E-state index contributed by atoms with van der Waals surface area (Å²) in [6, 6.07) is 7.57. The standard InChI is InChI=1S/C21H31BN2O6S/c1-28-20(25)21(11-10-17(13-21)24-31(2,26)27)14-29-18-8-6-15(7-9-18)16-4-3-5-19(12-16)30-22-23/h3-5,12,15,17-18,23-24H,6-11,13-14H2,1-2H3/t15?,17-,18?,21-/m0/s1. The summed E-state index contributed by atoms with van der Waals surface area (Å²) in [6.45, 7) is 0.250. The van der Waals surface area contributed by atoms with E-state index >= 15 is 0 Å². The van der Waals surface area contributed by atoms with E-state index in [2.05, 4.69) is 10.8 Å². The van der Waals surface area contributed by atoms with Gasteiger partial charge in [-0.05, 0) is 6.42 Å². The van der Waals surface area contributed by atoms with Crippen molar-refractivity contribution in [2.45, 2.75) is 63.0 Å². The molecule has 0 heterocycles. The van der Waals surface area contributed by atoms with Crippen LogP contribution in [0.5, 0.6) is 5.75 Å². The molecule has 31 heavy (non-hydrogen) atoms. The summed E-state index contributed by atoms with van der Waals surface area (Å²) in [5.74, 6) is 0.755. The van der Waals surface area contributed by atoms with E-state index in [0.717, 1.165) is 39.2 Å². The van der Waals surface area contributed by atoms with Gasteiger partial charge in [0.15, 0.2) is 0 Å². The van der Waals surface area contributed by atoms with Crippen LogP contribution in [-0.2, 0) is 24.3 Å². The number of hydrogen-bond donors (Lipinski definition) is 2. The van der Waals surface area contributed by atoms with Gasteiger partial charge in [-0.2, -0.15) is 0 Å². The predicted molar refractivity (Wildman–Crippen MR) is 117 cm³/mol. The van der Waals surface area contributed by atoms with Crippen molar-refractivity contribution in [3.63, 3.8) is 0 Å². The molecule has 0 unspecified atom stereocenters. The molecule has 2 N–H and O–H groups in total. The van der Waals surface area contributed by atoms with Crippen LogP contribution in [-0.4, -0.2) is 53.8 Å². The molecule has 1 aromatic rings. The zero-order chi connectivity index (χ0) is 22.5. The van der Waals surface area contributed by atoms with Crippen LogP contribution in [0, 0.1) is 10.7 Å². The summed E-state index contributed by atoms with van der Waals surface area (Å²) in [7, 11) is -1.03. The van der Waals surface area contributed by atoms with Crippen LogP contribution in [0.2, 0.25) is 0 Å². The predicted octanol–water partition coefficient (Wildman–Crippen LogP) is 2.75. The SMILES string of the molecule is COC(=O)[C@@]1(COC2CCC(c3cccc(OB=N)c3)CC2)CC[C@H](NS(C)(=O)=O)C1. The van der Waals surface area contributed by atoms with Crippen LogP contribution in [0.15, 0.2) is 24.3 Å². The van der Waals surface area contributed by atoms with E-state index in [1.807, 2.05) is 18.2 Å². The number of carbonyl (C=O) groups excluding carboxylic acids is 1. The van der Waals surface area contributed by atoms with Crippen LogP contribution >= 0.6 is 0 Å². The van der Waals surface area contributed by atoms with Crippen molar-refractivity contribution in [3.05, 3.63) is 29.8 Å². The third-order valence-corrected chi connectivity index (χ3v) is 7.16. The molecule has 0 saturated heterocycles. The molecule has 170 valence electrons. The van der Waals surface area contributed by atoms with Crippen molar-refractivity contribution in [1.29, 1.82) is 5.31 Å². The second kappa shape index (κ2) is 10.2. The number of benzene rings is 1. The second-order valence-corrected chi connectivity index (χ2v) is 10.5. The number of esters is 1. The Morgan fingerprint density at radius 2 is 2.00 bits per heavy atom. The van der Waals surface area contributed by atoms with Gasteiger partial charge in [-0.15, -0.1) is 0 Å². The topological polar surface area (TPSA) is 115 Å². The molecule has 2 saturated carbocycles. The molecule has 0 amide bonds. The van der Waals surface area contributed by atoms with Gasteiger partial charge >= 0.3 is 126 Å². The van der Waals surface area contributed by atoms with Gasteiger partial charge in [0.2, 0.25) is 10.0 Å². The van der Waals surface area contributed by atoms with E-state index in [1.54, 1.807) is 0 Å². The van der Waals surface area contributed by atoms with Gasteiger partial charge in [-0.1, -0.05) is 0 Å². The van der Waals surface area contributed by atoms with Crippen molar-refractivity contribution < 1.29 is 27.3 Å². The average Bonchev–Trinajstić information content (AvgIpc) is 3.15. The molecule has 1 aromatic carbocycles. The molecule has 10 heteroatoms. The summed E-state index contributed by atoms with van der Waals surface area (Å²) >= 11 is 0. The Bertz CT molecular complexity index is 888. The minimum Gasteiger partial charge on any atom is -0.213 e. The Balaban J connectivity index is 1.55. The zero-order valence-electron chi connectivity index (χ0n) is 18.1. The van der Waals surface area contributed by atoms with Gasteiger partial charge in [0.1, 0.15) is 0 Å². The van der Waals surface area contributed by atoms with Crippen molar-refractivity contribution in [1.82, 2.24) is 4.72 Å². The molecular weight excluding hydrogens is 419 g/mol. The van der Waals surface area contributed by atoms with Gasteiger partial charge in [0.25, 0.3) is 0 Å². The molecule has 8 nitrogen and oxygen atoms in total. The van der Waals surface area contributed by atoms with E-state index in [0.29, 0.717) is 30.9 Å². The van der Waals surface area contributed by atoms with Crippen molar-refractivity contribution in [3.8, 4) is 5.75 Å². The number of hydrogen-bond acceptors (Lipinski definition) is 7. The van der Waals surface area contributed by atoms with Gasteiger partial charge in [0, 0.05) is 6.04 Å². The van der Waals surface area contributed by atoms with Crippen LogP contribution in [0.4, 0.5) is 0 Å². The van der Waals surface area contributed by atoms with E-state index in [-0.39, 0.29) is 24.7 Å². The first-order valence-electron chi connectivity index (χ1n) is 10.7. The van der Waals surface area contributed by atoms with E-state index in [4.69, 9.17) is 19.4 Å². The van der Waals surface area contributed by atoms with E-state index in [9.17, 15) is 13.2 Å². The molecule has 0 radical (unpaired) electrons.